The van der Waals surface area contributed by atoms with Gasteiger partial charge < -0.3 is 0 Å². The number of para-hydroxylation sites is 2. The highest BCUT2D eigenvalue weighted by Crippen LogP contribution is 2.22. The minimum Gasteiger partial charge on any atom is -0.272 e. The first-order chi connectivity index (χ1) is 11.2. The molecule has 4 rings (SSSR count). The predicted octanol–water partition coefficient (Wildman–Crippen LogP) is 1.97. The molecule has 2 amide bonds. The van der Waals surface area contributed by atoms with Crippen LogP contribution < -0.4 is 0 Å². The van der Waals surface area contributed by atoms with Crippen LogP contribution in [0.1, 0.15) is 25.5 Å². The molecular weight excluding hydrogens is 294 g/mol. The largest absolute Gasteiger partial charge is 0.272 e. The number of carbonyl (C=O) groups is 3. The first-order valence-electron chi connectivity index (χ1n) is 7.07. The van der Waals surface area contributed by atoms with Gasteiger partial charge in [-0.3, -0.25) is 23.9 Å². The van der Waals surface area contributed by atoms with E-state index in [2.05, 4.69) is 4.98 Å². The number of carbonyl (C=O) groups excluding carboxylic acids is 3. The first-order valence-corrected chi connectivity index (χ1v) is 7.07. The van der Waals surface area contributed by atoms with E-state index in [0.29, 0.717) is 22.2 Å². The molecule has 1 aliphatic heterocycles. The quantitative estimate of drug-likeness (QED) is 0.679. The van der Waals surface area contributed by atoms with Gasteiger partial charge in [-0.2, -0.15) is 0 Å². The lowest BCUT2D eigenvalue weighted by molar-refractivity contribution is 0.0606. The summed E-state index contributed by atoms with van der Waals surface area (Å²) < 4.78 is 1.36. The molecule has 0 saturated carbocycles. The Morgan fingerprint density at radius 3 is 2.22 bits per heavy atom. The molecule has 0 aliphatic carbocycles. The third kappa shape index (κ3) is 1.96. The van der Waals surface area contributed by atoms with Crippen molar-refractivity contribution < 1.29 is 14.4 Å². The van der Waals surface area contributed by atoms with Crippen LogP contribution in [0.4, 0.5) is 0 Å². The van der Waals surface area contributed by atoms with Crippen LogP contribution in [-0.4, -0.2) is 38.7 Å². The van der Waals surface area contributed by atoms with Gasteiger partial charge in [-0.1, -0.05) is 24.3 Å². The second-order valence-electron chi connectivity index (χ2n) is 5.24. The molecule has 6 nitrogen and oxygen atoms in total. The molecule has 1 aromatic heterocycles. The van der Waals surface area contributed by atoms with Crippen molar-refractivity contribution in [3.8, 4) is 0 Å². The van der Waals surface area contributed by atoms with Gasteiger partial charge in [0.1, 0.15) is 12.9 Å². The molecule has 0 atom stereocenters. The zero-order valence-electron chi connectivity index (χ0n) is 12.0. The van der Waals surface area contributed by atoms with Gasteiger partial charge in [0.25, 0.3) is 17.7 Å². The molecule has 112 valence electrons. The molecule has 0 fully saturated rings. The minimum absolute atomic E-state index is 0.313. The van der Waals surface area contributed by atoms with E-state index in [-0.39, 0.29) is 12.5 Å². The van der Waals surface area contributed by atoms with Crippen molar-refractivity contribution >= 4 is 28.8 Å². The summed E-state index contributed by atoms with van der Waals surface area (Å²) in [5.41, 5.74) is 2.00. The van der Waals surface area contributed by atoms with Crippen molar-refractivity contribution in [2.45, 2.75) is 0 Å². The van der Waals surface area contributed by atoms with Crippen LogP contribution in [-0.2, 0) is 0 Å². The lowest BCUT2D eigenvalue weighted by atomic mass is 10.1. The predicted molar refractivity (Wildman–Crippen MR) is 82.2 cm³/mol. The average molecular weight is 305 g/mol. The summed E-state index contributed by atoms with van der Waals surface area (Å²) in [5.74, 6) is -1.26. The maximum Gasteiger partial charge on any atom is 0.262 e. The van der Waals surface area contributed by atoms with Crippen LogP contribution in [0.5, 0.6) is 0 Å². The van der Waals surface area contributed by atoms with Crippen LogP contribution in [0.25, 0.3) is 11.0 Å². The highest BCUT2D eigenvalue weighted by Gasteiger charge is 2.36. The molecule has 6 heteroatoms. The van der Waals surface area contributed by atoms with Crippen LogP contribution in [0.15, 0.2) is 54.9 Å². The maximum atomic E-state index is 12.5. The molecule has 2 aromatic carbocycles. The van der Waals surface area contributed by atoms with Crippen molar-refractivity contribution in [2.24, 2.45) is 0 Å². The molecule has 0 radical (unpaired) electrons. The molecule has 0 N–H and O–H groups in total. The van der Waals surface area contributed by atoms with E-state index < -0.39 is 11.8 Å². The second kappa shape index (κ2) is 4.88. The summed E-state index contributed by atoms with van der Waals surface area (Å²) in [5, 5.41) is 0. The van der Waals surface area contributed by atoms with E-state index in [1.165, 1.54) is 10.9 Å². The average Bonchev–Trinajstić information content (AvgIpc) is 3.11. The van der Waals surface area contributed by atoms with Gasteiger partial charge in [-0.25, -0.2) is 4.98 Å². The summed E-state index contributed by atoms with van der Waals surface area (Å²) in [6, 6.07) is 13.8. The molecule has 0 bridgehead atoms. The van der Waals surface area contributed by atoms with Crippen molar-refractivity contribution in [1.29, 1.82) is 0 Å². The Morgan fingerprint density at radius 2 is 1.52 bits per heavy atom. The third-order valence-corrected chi connectivity index (χ3v) is 3.89. The van der Waals surface area contributed by atoms with E-state index in [0.717, 1.165) is 4.90 Å². The molecule has 2 heterocycles. The van der Waals surface area contributed by atoms with Crippen LogP contribution in [0.2, 0.25) is 0 Å². The Hall–Kier alpha value is -3.28. The van der Waals surface area contributed by atoms with Crippen LogP contribution >= 0.6 is 0 Å². The third-order valence-electron chi connectivity index (χ3n) is 3.89. The summed E-state index contributed by atoms with van der Waals surface area (Å²) in [6.45, 7) is -0.313. The summed E-state index contributed by atoms with van der Waals surface area (Å²) in [4.78, 5) is 42.2. The summed E-state index contributed by atoms with van der Waals surface area (Å²) in [6.07, 6.45) is 1.41. The number of amides is 2. The fourth-order valence-electron chi connectivity index (χ4n) is 2.75. The van der Waals surface area contributed by atoms with E-state index >= 15 is 0 Å². The fraction of sp³-hybridized carbons (Fsp3) is 0.0588. The van der Waals surface area contributed by atoms with Gasteiger partial charge >= 0.3 is 0 Å². The van der Waals surface area contributed by atoms with Crippen LogP contribution in [0, 0.1) is 0 Å². The highest BCUT2D eigenvalue weighted by atomic mass is 16.2. The van der Waals surface area contributed by atoms with Gasteiger partial charge in [-0.05, 0) is 24.3 Å². The fourth-order valence-corrected chi connectivity index (χ4v) is 2.75. The molecule has 23 heavy (non-hydrogen) atoms. The number of fused-ring (bicyclic) bond motifs is 2. The van der Waals surface area contributed by atoms with Crippen LogP contribution in [0.3, 0.4) is 0 Å². The summed E-state index contributed by atoms with van der Waals surface area (Å²) >= 11 is 0. The van der Waals surface area contributed by atoms with Crippen molar-refractivity contribution in [1.82, 2.24) is 14.5 Å². The number of imidazole rings is 1. The molecule has 0 spiro atoms. The molecule has 3 aromatic rings. The van der Waals surface area contributed by atoms with Gasteiger partial charge in [-0.15, -0.1) is 0 Å². The molecule has 1 aliphatic rings. The SMILES string of the molecule is O=C1c2ccccc2C(=O)N1CC(=O)n1cnc2ccccc21. The second-order valence-corrected chi connectivity index (χ2v) is 5.24. The lowest BCUT2D eigenvalue weighted by Crippen LogP contribution is -2.36. The van der Waals surface area contributed by atoms with E-state index in [1.54, 1.807) is 42.5 Å². The smallest absolute Gasteiger partial charge is 0.262 e. The van der Waals surface area contributed by atoms with Gasteiger partial charge in [0.05, 0.1) is 22.2 Å². The van der Waals surface area contributed by atoms with Gasteiger partial charge in [0.2, 0.25) is 0 Å². The first kappa shape index (κ1) is 13.4. The number of hydrogen-bond acceptors (Lipinski definition) is 4. The molecule has 0 saturated heterocycles. The number of benzene rings is 2. The topological polar surface area (TPSA) is 72.3 Å². The Labute approximate surface area is 131 Å². The van der Waals surface area contributed by atoms with Gasteiger partial charge in [0.15, 0.2) is 0 Å². The van der Waals surface area contributed by atoms with E-state index in [9.17, 15) is 14.4 Å². The number of nitrogens with zero attached hydrogens (tertiary/aromatic N) is 3. The maximum absolute atomic E-state index is 12.5. The Balaban J connectivity index is 1.65. The van der Waals surface area contributed by atoms with E-state index in [1.807, 2.05) is 6.07 Å². The number of hydrogen-bond donors (Lipinski definition) is 0. The zero-order valence-corrected chi connectivity index (χ0v) is 12.0. The van der Waals surface area contributed by atoms with Crippen molar-refractivity contribution in [3.05, 3.63) is 66.0 Å². The Morgan fingerprint density at radius 1 is 0.913 bits per heavy atom. The highest BCUT2D eigenvalue weighted by molar-refractivity contribution is 6.22. The number of aromatic nitrogens is 2. The van der Waals surface area contributed by atoms with Crippen molar-refractivity contribution in [2.75, 3.05) is 6.54 Å². The monoisotopic (exact) mass is 305 g/mol. The Bertz CT molecular complexity index is 939. The zero-order chi connectivity index (χ0) is 16.0. The molecule has 0 unspecified atom stereocenters. The standard InChI is InChI=1S/C17H11N3O3/c21-15(20-10-18-13-7-3-4-8-14(13)20)9-19-16(22)11-5-1-2-6-12(11)17(19)23/h1-8,10H,9H2. The number of imide groups is 1. The van der Waals surface area contributed by atoms with Crippen molar-refractivity contribution in [3.63, 3.8) is 0 Å². The van der Waals surface area contributed by atoms with Gasteiger partial charge in [0, 0.05) is 0 Å². The summed E-state index contributed by atoms with van der Waals surface area (Å²) in [7, 11) is 0. The normalized spacial score (nSPS) is 13.7. The Kier molecular flexibility index (Phi) is 2.84. The number of rotatable bonds is 2. The lowest BCUT2D eigenvalue weighted by Gasteiger charge is -2.13. The minimum atomic E-state index is -0.441. The van der Waals surface area contributed by atoms with E-state index in [4.69, 9.17) is 0 Å². The molecular formula is C17H11N3O3.